The Morgan fingerprint density at radius 2 is 1.74 bits per heavy atom. The number of nitrogens with zero attached hydrogens (tertiary/aromatic N) is 1. The van der Waals surface area contributed by atoms with Gasteiger partial charge in [0.05, 0.1) is 12.8 Å². The number of nitrogens with two attached hydrogens (primary N) is 1. The first kappa shape index (κ1) is 24.9. The molecule has 0 radical (unpaired) electrons. The van der Waals surface area contributed by atoms with E-state index in [9.17, 15) is 9.35 Å². The molecule has 0 bridgehead atoms. The summed E-state index contributed by atoms with van der Waals surface area (Å²) in [6.07, 6.45) is 3.29. The average molecular weight is 493 g/mol. The van der Waals surface area contributed by atoms with Crippen molar-refractivity contribution in [2.45, 2.75) is 24.2 Å². The van der Waals surface area contributed by atoms with Crippen LogP contribution in [0.4, 0.5) is 11.4 Å². The Morgan fingerprint density at radius 1 is 1.00 bits per heavy atom. The zero-order valence-electron chi connectivity index (χ0n) is 20.0. The van der Waals surface area contributed by atoms with E-state index in [1.165, 1.54) is 6.42 Å². The van der Waals surface area contributed by atoms with E-state index in [4.69, 9.17) is 10.5 Å². The van der Waals surface area contributed by atoms with Gasteiger partial charge in [0.25, 0.3) is 5.91 Å². The van der Waals surface area contributed by atoms with E-state index in [0.717, 1.165) is 42.7 Å². The summed E-state index contributed by atoms with van der Waals surface area (Å²) >= 11 is -1.56. The molecule has 1 fully saturated rings. The summed E-state index contributed by atoms with van der Waals surface area (Å²) in [5, 5.41) is 3.22. The summed E-state index contributed by atoms with van der Waals surface area (Å²) in [6.45, 7) is 2.80. The van der Waals surface area contributed by atoms with Crippen LogP contribution in [0, 0.1) is 0 Å². The topological polar surface area (TPSA) is 103 Å². The Bertz CT molecular complexity index is 1150. The number of amides is 1. The van der Waals surface area contributed by atoms with Crippen LogP contribution < -0.4 is 20.5 Å². The highest BCUT2D eigenvalue weighted by Crippen LogP contribution is 2.32. The van der Waals surface area contributed by atoms with E-state index < -0.39 is 11.4 Å². The van der Waals surface area contributed by atoms with Crippen molar-refractivity contribution in [3.8, 4) is 16.9 Å². The average Bonchev–Trinajstić information content (AvgIpc) is 2.92. The third kappa shape index (κ3) is 6.28. The molecule has 1 atom stereocenters. The maximum atomic E-state index is 13.3. The molecule has 0 spiro atoms. The predicted octanol–water partition coefficient (Wildman–Crippen LogP) is 4.49. The summed E-state index contributed by atoms with van der Waals surface area (Å²) in [5.41, 5.74) is 9.60. The molecule has 7 nitrogen and oxygen atoms in total. The number of ether oxygens (including phenoxy) is 1. The molecular weight excluding hydrogens is 460 g/mol. The molecule has 4 rings (SSSR count). The fourth-order valence-electron chi connectivity index (χ4n) is 4.18. The molecule has 3 aromatic rings. The van der Waals surface area contributed by atoms with Crippen LogP contribution in [0.25, 0.3) is 11.1 Å². The standard InChI is InChI=1S/C27H32N4O3S/c1-34-25-12-11-21(20-7-5-8-22(17-20)27(32)31-15-3-2-4-16-31)18-26(25)35(33)30-24-10-6-9-23(19-24)29-14-13-28/h5-12,17-19,29-30H,2-4,13-16,28H2,1H3. The number of nitrogens with one attached hydrogen (secondary N) is 2. The highest BCUT2D eigenvalue weighted by Gasteiger charge is 2.21. The molecular formula is C27H32N4O3S. The highest BCUT2D eigenvalue weighted by atomic mass is 32.2. The number of rotatable bonds is 9. The first-order valence-electron chi connectivity index (χ1n) is 11.9. The molecule has 1 unspecified atom stereocenters. The molecule has 1 amide bonds. The Balaban J connectivity index is 1.56. The summed E-state index contributed by atoms with van der Waals surface area (Å²) in [4.78, 5) is 15.4. The second-order valence-corrected chi connectivity index (χ2v) is 9.65. The molecule has 8 heteroatoms. The number of piperidine rings is 1. The van der Waals surface area contributed by atoms with Crippen LogP contribution in [0.1, 0.15) is 29.6 Å². The van der Waals surface area contributed by atoms with Crippen LogP contribution in [0.15, 0.2) is 71.6 Å². The molecule has 3 aromatic carbocycles. The third-order valence-electron chi connectivity index (χ3n) is 6.00. The predicted molar refractivity (Wildman–Crippen MR) is 142 cm³/mol. The van der Waals surface area contributed by atoms with E-state index in [2.05, 4.69) is 10.0 Å². The van der Waals surface area contributed by atoms with Gasteiger partial charge in [-0.3, -0.25) is 4.79 Å². The van der Waals surface area contributed by atoms with E-state index in [1.54, 1.807) is 7.11 Å². The second kappa shape index (κ2) is 12.0. The van der Waals surface area contributed by atoms with Crippen LogP contribution in [-0.4, -0.2) is 48.6 Å². The van der Waals surface area contributed by atoms with Crippen molar-refractivity contribution in [3.63, 3.8) is 0 Å². The van der Waals surface area contributed by atoms with Gasteiger partial charge in [0.1, 0.15) is 11.4 Å². The number of anilines is 2. The van der Waals surface area contributed by atoms with Gasteiger partial charge in [0, 0.05) is 43.5 Å². The lowest BCUT2D eigenvalue weighted by Crippen LogP contribution is -2.35. The van der Waals surface area contributed by atoms with Gasteiger partial charge in [0.2, 0.25) is 4.90 Å². The van der Waals surface area contributed by atoms with Gasteiger partial charge in [-0.05, 0) is 66.8 Å². The van der Waals surface area contributed by atoms with Crippen molar-refractivity contribution in [3.05, 3.63) is 72.3 Å². The largest absolute Gasteiger partial charge is 0.588 e. The van der Waals surface area contributed by atoms with E-state index in [0.29, 0.717) is 35.0 Å². The molecule has 1 heterocycles. The van der Waals surface area contributed by atoms with Crippen molar-refractivity contribution in [1.29, 1.82) is 0 Å². The normalized spacial score (nSPS) is 14.3. The van der Waals surface area contributed by atoms with Gasteiger partial charge in [-0.15, -0.1) is 0 Å². The summed E-state index contributed by atoms with van der Waals surface area (Å²) in [7, 11) is 1.56. The number of hydrogen-bond donors (Lipinski definition) is 3. The van der Waals surface area contributed by atoms with E-state index in [1.807, 2.05) is 71.6 Å². The quantitative estimate of drug-likeness (QED) is 0.380. The van der Waals surface area contributed by atoms with Gasteiger partial charge in [-0.1, -0.05) is 24.3 Å². The molecule has 0 saturated carbocycles. The summed E-state index contributed by atoms with van der Waals surface area (Å²) in [5.74, 6) is 0.589. The molecule has 1 saturated heterocycles. The molecule has 1 aliphatic heterocycles. The smallest absolute Gasteiger partial charge is 0.253 e. The molecule has 1 aliphatic rings. The lowest BCUT2D eigenvalue weighted by atomic mass is 10.0. The van der Waals surface area contributed by atoms with Gasteiger partial charge in [-0.2, -0.15) is 0 Å². The number of hydrogen-bond acceptors (Lipinski definition) is 6. The van der Waals surface area contributed by atoms with Crippen molar-refractivity contribution in [2.24, 2.45) is 5.73 Å². The number of likely N-dealkylation sites (tertiary alicyclic amines) is 1. The summed E-state index contributed by atoms with van der Waals surface area (Å²) < 4.78 is 21.9. The fourth-order valence-corrected chi connectivity index (χ4v) is 5.20. The molecule has 0 aromatic heterocycles. The van der Waals surface area contributed by atoms with Gasteiger partial charge in [-0.25, -0.2) is 4.72 Å². The van der Waals surface area contributed by atoms with Crippen LogP contribution in [0.2, 0.25) is 0 Å². The lowest BCUT2D eigenvalue weighted by molar-refractivity contribution is 0.0724. The highest BCUT2D eigenvalue weighted by molar-refractivity contribution is 7.92. The minimum Gasteiger partial charge on any atom is -0.588 e. The minimum absolute atomic E-state index is 0.0636. The van der Waals surface area contributed by atoms with Gasteiger partial charge >= 0.3 is 0 Å². The lowest BCUT2D eigenvalue weighted by Gasteiger charge is -2.26. The van der Waals surface area contributed by atoms with E-state index in [-0.39, 0.29) is 5.91 Å². The molecule has 4 N–H and O–H groups in total. The van der Waals surface area contributed by atoms with Gasteiger partial charge < -0.3 is 25.2 Å². The Hall–Kier alpha value is -3.20. The first-order valence-corrected chi connectivity index (χ1v) is 13.0. The van der Waals surface area contributed by atoms with E-state index >= 15 is 0 Å². The Morgan fingerprint density at radius 3 is 2.51 bits per heavy atom. The van der Waals surface area contributed by atoms with Crippen LogP contribution >= 0.6 is 0 Å². The summed E-state index contributed by atoms with van der Waals surface area (Å²) in [6, 6.07) is 20.8. The Kier molecular flexibility index (Phi) is 8.52. The molecule has 184 valence electrons. The number of carbonyl (C=O) groups is 1. The van der Waals surface area contributed by atoms with Crippen molar-refractivity contribution < 1.29 is 14.1 Å². The monoisotopic (exact) mass is 492 g/mol. The first-order chi connectivity index (χ1) is 17.1. The zero-order valence-corrected chi connectivity index (χ0v) is 20.8. The number of carbonyl (C=O) groups excluding carboxylic acids is 1. The van der Waals surface area contributed by atoms with Gasteiger partial charge in [0.15, 0.2) is 5.75 Å². The van der Waals surface area contributed by atoms with Crippen LogP contribution in [0.3, 0.4) is 0 Å². The molecule has 0 aliphatic carbocycles. The van der Waals surface area contributed by atoms with Crippen molar-refractivity contribution in [1.82, 2.24) is 4.90 Å². The van der Waals surface area contributed by atoms with Crippen molar-refractivity contribution in [2.75, 3.05) is 43.3 Å². The minimum atomic E-state index is -1.56. The van der Waals surface area contributed by atoms with Crippen LogP contribution in [0.5, 0.6) is 5.75 Å². The maximum absolute atomic E-state index is 13.3. The fraction of sp³-hybridized carbons (Fsp3) is 0.296. The number of methoxy groups -OCH3 is 1. The molecule has 35 heavy (non-hydrogen) atoms. The van der Waals surface area contributed by atoms with Crippen LogP contribution in [-0.2, 0) is 11.4 Å². The third-order valence-corrected chi connectivity index (χ3v) is 7.14. The zero-order chi connectivity index (χ0) is 24.6. The number of benzene rings is 3. The maximum Gasteiger partial charge on any atom is 0.253 e. The second-order valence-electron chi connectivity index (χ2n) is 8.47. The Labute approximate surface area is 210 Å². The SMILES string of the molecule is COc1ccc(-c2cccc(C(=O)N3CCCCC3)c2)cc1[S+]([O-])Nc1cccc(NCCN)c1. The van der Waals surface area contributed by atoms with Crippen molar-refractivity contribution >= 4 is 28.6 Å².